The Morgan fingerprint density at radius 1 is 1.35 bits per heavy atom. The molecule has 0 heterocycles. The van der Waals surface area contributed by atoms with Crippen LogP contribution in [0.15, 0.2) is 22.7 Å². The van der Waals surface area contributed by atoms with Crippen LogP contribution in [0.4, 0.5) is 5.69 Å². The predicted octanol–water partition coefficient (Wildman–Crippen LogP) is 2.54. The number of hydrogen-bond acceptors (Lipinski definition) is 3. The van der Waals surface area contributed by atoms with E-state index >= 15 is 0 Å². The number of likely N-dealkylation sites (N-methyl/N-ethyl adjacent to an activating group) is 1. The van der Waals surface area contributed by atoms with Gasteiger partial charge < -0.3 is 15.1 Å². The van der Waals surface area contributed by atoms with Crippen molar-refractivity contribution in [3.8, 4) is 0 Å². The predicted molar refractivity (Wildman–Crippen MR) is 74.2 cm³/mol. The molecule has 0 amide bonds. The number of rotatable bonds is 5. The van der Waals surface area contributed by atoms with Crippen molar-refractivity contribution in [1.29, 1.82) is 0 Å². The number of aliphatic hydroxyl groups is 2. The normalized spacial score (nSPS) is 11.6. The van der Waals surface area contributed by atoms with E-state index in [0.717, 1.165) is 22.3 Å². The fraction of sp³-hybridized carbons (Fsp3) is 0.538. The SMILES string of the molecule is CCN(CC(C)(C)O)c1ccc(CO)cc1Br. The van der Waals surface area contributed by atoms with Crippen LogP contribution in [0.3, 0.4) is 0 Å². The molecule has 0 spiro atoms. The van der Waals surface area contributed by atoms with Crippen molar-refractivity contribution in [1.82, 2.24) is 0 Å². The lowest BCUT2D eigenvalue weighted by atomic mass is 10.1. The van der Waals surface area contributed by atoms with Crippen molar-refractivity contribution in [2.24, 2.45) is 0 Å². The van der Waals surface area contributed by atoms with Gasteiger partial charge in [-0.05, 0) is 54.4 Å². The van der Waals surface area contributed by atoms with Gasteiger partial charge in [0.25, 0.3) is 0 Å². The molecule has 0 saturated heterocycles. The molecule has 1 rings (SSSR count). The van der Waals surface area contributed by atoms with Crippen LogP contribution >= 0.6 is 15.9 Å². The van der Waals surface area contributed by atoms with Gasteiger partial charge in [-0.25, -0.2) is 0 Å². The molecule has 0 aliphatic carbocycles. The number of hydrogen-bond donors (Lipinski definition) is 2. The van der Waals surface area contributed by atoms with Crippen LogP contribution in [0.5, 0.6) is 0 Å². The largest absolute Gasteiger partial charge is 0.392 e. The molecule has 0 atom stereocenters. The molecular formula is C13H20BrNO2. The van der Waals surface area contributed by atoms with Gasteiger partial charge in [-0.2, -0.15) is 0 Å². The minimum Gasteiger partial charge on any atom is -0.392 e. The molecule has 0 fully saturated rings. The minimum absolute atomic E-state index is 0.0382. The topological polar surface area (TPSA) is 43.7 Å². The Balaban J connectivity index is 2.96. The first-order valence-electron chi connectivity index (χ1n) is 5.74. The van der Waals surface area contributed by atoms with E-state index in [4.69, 9.17) is 5.11 Å². The van der Waals surface area contributed by atoms with Crippen LogP contribution in [0.25, 0.3) is 0 Å². The minimum atomic E-state index is -0.731. The smallest absolute Gasteiger partial charge is 0.0765 e. The lowest BCUT2D eigenvalue weighted by molar-refractivity contribution is 0.0875. The second kappa shape index (κ2) is 5.85. The van der Waals surface area contributed by atoms with Gasteiger partial charge in [0.1, 0.15) is 0 Å². The number of aliphatic hydroxyl groups excluding tert-OH is 1. The molecule has 3 nitrogen and oxygen atoms in total. The summed E-state index contributed by atoms with van der Waals surface area (Å²) in [6.07, 6.45) is 0. The molecular weight excluding hydrogens is 282 g/mol. The fourth-order valence-corrected chi connectivity index (χ4v) is 2.42. The fourth-order valence-electron chi connectivity index (χ4n) is 1.74. The zero-order chi connectivity index (χ0) is 13.1. The average Bonchev–Trinajstić information content (AvgIpc) is 2.24. The van der Waals surface area contributed by atoms with Gasteiger partial charge in [0.15, 0.2) is 0 Å². The number of anilines is 1. The lowest BCUT2D eigenvalue weighted by Gasteiger charge is -2.30. The Kier molecular flexibility index (Phi) is 4.98. The van der Waals surface area contributed by atoms with Crippen LogP contribution in [-0.2, 0) is 6.61 Å². The highest BCUT2D eigenvalue weighted by molar-refractivity contribution is 9.10. The highest BCUT2D eigenvalue weighted by atomic mass is 79.9. The molecule has 0 aliphatic rings. The third-order valence-electron chi connectivity index (χ3n) is 2.49. The molecule has 1 aromatic carbocycles. The average molecular weight is 302 g/mol. The maximum Gasteiger partial charge on any atom is 0.0765 e. The van der Waals surface area contributed by atoms with Gasteiger partial charge in [0.2, 0.25) is 0 Å². The van der Waals surface area contributed by atoms with Crippen molar-refractivity contribution in [2.45, 2.75) is 33.0 Å². The van der Waals surface area contributed by atoms with Gasteiger partial charge in [0, 0.05) is 17.6 Å². The van der Waals surface area contributed by atoms with Crippen molar-refractivity contribution in [2.75, 3.05) is 18.0 Å². The Bertz CT molecular complexity index is 374. The molecule has 4 heteroatoms. The zero-order valence-electron chi connectivity index (χ0n) is 10.6. The summed E-state index contributed by atoms with van der Waals surface area (Å²) >= 11 is 3.50. The first-order valence-corrected chi connectivity index (χ1v) is 6.53. The van der Waals surface area contributed by atoms with Gasteiger partial charge in [-0.1, -0.05) is 6.07 Å². The second-order valence-electron chi connectivity index (χ2n) is 4.77. The molecule has 17 heavy (non-hydrogen) atoms. The van der Waals surface area contributed by atoms with E-state index in [2.05, 4.69) is 27.8 Å². The van der Waals surface area contributed by atoms with E-state index in [-0.39, 0.29) is 6.61 Å². The summed E-state index contributed by atoms with van der Waals surface area (Å²) < 4.78 is 0.940. The van der Waals surface area contributed by atoms with Gasteiger partial charge in [0.05, 0.1) is 17.9 Å². The molecule has 0 unspecified atom stereocenters. The summed E-state index contributed by atoms with van der Waals surface area (Å²) in [6, 6.07) is 5.76. The maximum absolute atomic E-state index is 9.88. The first kappa shape index (κ1) is 14.5. The Morgan fingerprint density at radius 3 is 2.41 bits per heavy atom. The molecule has 0 aliphatic heterocycles. The third-order valence-corrected chi connectivity index (χ3v) is 3.13. The summed E-state index contributed by atoms with van der Waals surface area (Å²) in [4.78, 5) is 2.10. The quantitative estimate of drug-likeness (QED) is 0.878. The van der Waals surface area contributed by atoms with Crippen molar-refractivity contribution in [3.63, 3.8) is 0 Å². The molecule has 1 aromatic rings. The van der Waals surface area contributed by atoms with E-state index < -0.39 is 5.60 Å². The highest BCUT2D eigenvalue weighted by Gasteiger charge is 2.19. The van der Waals surface area contributed by atoms with Crippen molar-refractivity contribution < 1.29 is 10.2 Å². The molecule has 2 N–H and O–H groups in total. The van der Waals surface area contributed by atoms with E-state index in [1.54, 1.807) is 13.8 Å². The summed E-state index contributed by atoms with van der Waals surface area (Å²) in [5.41, 5.74) is 1.18. The van der Waals surface area contributed by atoms with Crippen LogP contribution in [-0.4, -0.2) is 28.9 Å². The molecule has 0 bridgehead atoms. The molecule has 0 aromatic heterocycles. The van der Waals surface area contributed by atoms with Gasteiger partial charge >= 0.3 is 0 Å². The Labute approximate surface area is 111 Å². The summed E-state index contributed by atoms with van der Waals surface area (Å²) in [6.45, 7) is 7.08. The van der Waals surface area contributed by atoms with Crippen LogP contribution in [0.1, 0.15) is 26.3 Å². The van der Waals surface area contributed by atoms with Crippen molar-refractivity contribution >= 4 is 21.6 Å². The first-order chi connectivity index (χ1) is 7.87. The zero-order valence-corrected chi connectivity index (χ0v) is 12.2. The lowest BCUT2D eigenvalue weighted by Crippen LogP contribution is -2.38. The monoisotopic (exact) mass is 301 g/mol. The molecule has 0 saturated carbocycles. The Morgan fingerprint density at radius 2 is 2.00 bits per heavy atom. The van der Waals surface area contributed by atoms with E-state index in [1.807, 2.05) is 18.2 Å². The van der Waals surface area contributed by atoms with E-state index in [1.165, 1.54) is 0 Å². The van der Waals surface area contributed by atoms with Crippen LogP contribution in [0.2, 0.25) is 0 Å². The summed E-state index contributed by atoms with van der Waals surface area (Å²) in [7, 11) is 0. The molecule has 96 valence electrons. The summed E-state index contributed by atoms with van der Waals surface area (Å²) in [5, 5.41) is 18.9. The summed E-state index contributed by atoms with van der Waals surface area (Å²) in [5.74, 6) is 0. The van der Waals surface area contributed by atoms with Crippen LogP contribution in [0, 0.1) is 0 Å². The van der Waals surface area contributed by atoms with E-state index in [9.17, 15) is 5.11 Å². The number of halogens is 1. The van der Waals surface area contributed by atoms with Gasteiger partial charge in [-0.15, -0.1) is 0 Å². The standard InChI is InChI=1S/C13H20BrNO2/c1-4-15(9-13(2,3)17)12-6-5-10(8-16)7-11(12)14/h5-7,16-17H,4,8-9H2,1-3H3. The third kappa shape index (κ3) is 4.30. The highest BCUT2D eigenvalue weighted by Crippen LogP contribution is 2.28. The molecule has 0 radical (unpaired) electrons. The maximum atomic E-state index is 9.88. The van der Waals surface area contributed by atoms with Gasteiger partial charge in [-0.3, -0.25) is 0 Å². The number of benzene rings is 1. The number of nitrogens with zero attached hydrogens (tertiary/aromatic N) is 1. The van der Waals surface area contributed by atoms with Crippen molar-refractivity contribution in [3.05, 3.63) is 28.2 Å². The van der Waals surface area contributed by atoms with Crippen LogP contribution < -0.4 is 4.90 Å². The Hall–Kier alpha value is -0.580. The van der Waals surface area contributed by atoms with E-state index in [0.29, 0.717) is 6.54 Å². The second-order valence-corrected chi connectivity index (χ2v) is 5.62.